The molecule has 3 rings (SSSR count). The number of carbonyl (C=O) groups excluding carboxylic acids is 2. The van der Waals surface area contributed by atoms with Crippen LogP contribution in [0, 0.1) is 0 Å². The summed E-state index contributed by atoms with van der Waals surface area (Å²) < 4.78 is 5.41. The van der Waals surface area contributed by atoms with Gasteiger partial charge in [0.25, 0.3) is 5.91 Å². The Labute approximate surface area is 163 Å². The van der Waals surface area contributed by atoms with Crippen LogP contribution in [0.5, 0.6) is 0 Å². The third-order valence-electron chi connectivity index (χ3n) is 4.55. The van der Waals surface area contributed by atoms with Gasteiger partial charge in [-0.1, -0.05) is 49.2 Å². The first kappa shape index (κ1) is 19.4. The monoisotopic (exact) mass is 384 g/mol. The van der Waals surface area contributed by atoms with E-state index in [2.05, 4.69) is 10.3 Å². The number of benzene rings is 1. The van der Waals surface area contributed by atoms with Crippen LogP contribution in [-0.4, -0.2) is 29.0 Å². The molecular weight excluding hydrogens is 360 g/mol. The molecule has 1 aromatic carbocycles. The number of carbonyl (C=O) groups is 2. The third-order valence-corrected chi connectivity index (χ3v) is 5.58. The number of esters is 1. The maximum atomic E-state index is 12.6. The first-order chi connectivity index (χ1) is 13.1. The number of nitrogens with one attached hydrogen (secondary N) is 1. The van der Waals surface area contributed by atoms with Crippen LogP contribution < -0.4 is 5.32 Å². The van der Waals surface area contributed by atoms with Gasteiger partial charge in [0, 0.05) is 17.1 Å². The van der Waals surface area contributed by atoms with E-state index < -0.39 is 12.1 Å². The molecule has 0 saturated heterocycles. The molecule has 1 aromatic heterocycles. The fourth-order valence-corrected chi connectivity index (χ4v) is 3.96. The quantitative estimate of drug-likeness (QED) is 0.755. The van der Waals surface area contributed by atoms with Gasteiger partial charge in [-0.3, -0.25) is 4.79 Å². The summed E-state index contributed by atoms with van der Waals surface area (Å²) in [6.45, 7) is 1.61. The van der Waals surface area contributed by atoms with Crippen molar-refractivity contribution in [3.8, 4) is 0 Å². The van der Waals surface area contributed by atoms with Gasteiger partial charge < -0.3 is 10.1 Å². The van der Waals surface area contributed by atoms with Gasteiger partial charge in [0.2, 0.25) is 0 Å². The predicted molar refractivity (Wildman–Crippen MR) is 105 cm³/mol. The minimum Gasteiger partial charge on any atom is -0.449 e. The maximum absolute atomic E-state index is 12.6. The van der Waals surface area contributed by atoms with Gasteiger partial charge in [-0.15, -0.1) is 0 Å². The van der Waals surface area contributed by atoms with E-state index in [4.69, 9.17) is 4.74 Å². The molecule has 27 heavy (non-hydrogen) atoms. The third kappa shape index (κ3) is 5.57. The number of hydrogen-bond donors (Lipinski definition) is 1. The Morgan fingerprint density at radius 3 is 2.59 bits per heavy atom. The fraction of sp³-hybridized carbons (Fsp3) is 0.381. The van der Waals surface area contributed by atoms with E-state index in [1.165, 1.54) is 18.2 Å². The zero-order chi connectivity index (χ0) is 19.1. The number of nitrogens with zero attached hydrogens (tertiary/aromatic N) is 1. The standard InChI is InChI=1S/C21H24N2O3S/c1-15(19(24)23-16-9-4-2-5-10-16)26-21(25)18-13-8-14-22-20(18)27-17-11-6-3-7-12-17/h3,6-8,11-16H,2,4-5,9-10H2,1H3,(H,23,24). The van der Waals surface area contributed by atoms with Crippen LogP contribution in [0.3, 0.4) is 0 Å². The summed E-state index contributed by atoms with van der Waals surface area (Å²) in [4.78, 5) is 30.2. The normalized spacial score (nSPS) is 15.7. The van der Waals surface area contributed by atoms with Crippen molar-refractivity contribution in [3.05, 3.63) is 54.2 Å². The van der Waals surface area contributed by atoms with E-state index in [1.54, 1.807) is 25.3 Å². The molecule has 1 aliphatic carbocycles. The van der Waals surface area contributed by atoms with E-state index >= 15 is 0 Å². The number of aromatic nitrogens is 1. The van der Waals surface area contributed by atoms with E-state index in [0.29, 0.717) is 10.6 Å². The first-order valence-electron chi connectivity index (χ1n) is 9.33. The van der Waals surface area contributed by atoms with Gasteiger partial charge in [-0.05, 0) is 44.0 Å². The lowest BCUT2D eigenvalue weighted by molar-refractivity contribution is -0.130. The molecule has 5 nitrogen and oxygen atoms in total. The van der Waals surface area contributed by atoms with Crippen LogP contribution in [-0.2, 0) is 9.53 Å². The number of amides is 1. The molecule has 1 heterocycles. The minimum atomic E-state index is -0.839. The van der Waals surface area contributed by atoms with Gasteiger partial charge in [-0.25, -0.2) is 9.78 Å². The molecule has 1 unspecified atom stereocenters. The number of pyridine rings is 1. The topological polar surface area (TPSA) is 68.3 Å². The smallest absolute Gasteiger partial charge is 0.341 e. The highest BCUT2D eigenvalue weighted by atomic mass is 32.2. The molecule has 1 amide bonds. The molecular formula is C21H24N2O3S. The molecule has 0 spiro atoms. The molecule has 6 heteroatoms. The second kappa shape index (κ2) is 9.55. The average Bonchev–Trinajstić information content (AvgIpc) is 2.70. The van der Waals surface area contributed by atoms with Gasteiger partial charge in [-0.2, -0.15) is 0 Å². The Bertz CT molecular complexity index is 776. The fourth-order valence-electron chi connectivity index (χ4n) is 3.07. The molecule has 0 aliphatic heterocycles. The molecule has 1 aliphatic rings. The van der Waals surface area contributed by atoms with Crippen molar-refractivity contribution in [1.82, 2.24) is 10.3 Å². The van der Waals surface area contributed by atoms with Crippen LogP contribution >= 0.6 is 11.8 Å². The molecule has 1 N–H and O–H groups in total. The van der Waals surface area contributed by atoms with Crippen LogP contribution in [0.15, 0.2) is 58.6 Å². The van der Waals surface area contributed by atoms with E-state index in [9.17, 15) is 9.59 Å². The van der Waals surface area contributed by atoms with Crippen LogP contribution in [0.2, 0.25) is 0 Å². The van der Waals surface area contributed by atoms with Crippen molar-refractivity contribution in [2.75, 3.05) is 0 Å². The van der Waals surface area contributed by atoms with Crippen molar-refractivity contribution in [2.24, 2.45) is 0 Å². The Morgan fingerprint density at radius 2 is 1.85 bits per heavy atom. The van der Waals surface area contributed by atoms with Gasteiger partial charge in [0.1, 0.15) is 5.03 Å². The Balaban J connectivity index is 1.62. The highest BCUT2D eigenvalue weighted by Gasteiger charge is 2.24. The summed E-state index contributed by atoms with van der Waals surface area (Å²) in [6.07, 6.45) is 6.28. The lowest BCUT2D eigenvalue weighted by Crippen LogP contribution is -2.42. The summed E-state index contributed by atoms with van der Waals surface area (Å²) in [7, 11) is 0. The molecule has 2 aromatic rings. The zero-order valence-corrected chi connectivity index (χ0v) is 16.2. The summed E-state index contributed by atoms with van der Waals surface area (Å²) >= 11 is 1.39. The number of hydrogen-bond acceptors (Lipinski definition) is 5. The lowest BCUT2D eigenvalue weighted by Gasteiger charge is -2.24. The summed E-state index contributed by atoms with van der Waals surface area (Å²) in [6, 6.07) is 13.3. The van der Waals surface area contributed by atoms with Crippen LogP contribution in [0.1, 0.15) is 49.4 Å². The zero-order valence-electron chi connectivity index (χ0n) is 15.4. The number of rotatable bonds is 6. The highest BCUT2D eigenvalue weighted by molar-refractivity contribution is 7.99. The number of ether oxygens (including phenoxy) is 1. The molecule has 0 bridgehead atoms. The second-order valence-corrected chi connectivity index (χ2v) is 7.72. The van der Waals surface area contributed by atoms with Crippen molar-refractivity contribution < 1.29 is 14.3 Å². The molecule has 1 saturated carbocycles. The second-order valence-electron chi connectivity index (χ2n) is 6.66. The van der Waals surface area contributed by atoms with Crippen molar-refractivity contribution in [3.63, 3.8) is 0 Å². The minimum absolute atomic E-state index is 0.190. The van der Waals surface area contributed by atoms with Crippen molar-refractivity contribution in [1.29, 1.82) is 0 Å². The Morgan fingerprint density at radius 1 is 1.11 bits per heavy atom. The van der Waals surface area contributed by atoms with E-state index in [1.807, 2.05) is 30.3 Å². The lowest BCUT2D eigenvalue weighted by atomic mass is 9.95. The van der Waals surface area contributed by atoms with Crippen LogP contribution in [0.4, 0.5) is 0 Å². The molecule has 1 fully saturated rings. The Kier molecular flexibility index (Phi) is 6.87. The molecule has 0 radical (unpaired) electrons. The SMILES string of the molecule is CC(OC(=O)c1cccnc1Sc1ccccc1)C(=O)NC1CCCCC1. The largest absolute Gasteiger partial charge is 0.449 e. The van der Waals surface area contributed by atoms with Crippen LogP contribution in [0.25, 0.3) is 0 Å². The van der Waals surface area contributed by atoms with Gasteiger partial charge in [0.15, 0.2) is 6.10 Å². The van der Waals surface area contributed by atoms with Gasteiger partial charge >= 0.3 is 5.97 Å². The average molecular weight is 385 g/mol. The highest BCUT2D eigenvalue weighted by Crippen LogP contribution is 2.28. The molecule has 1 atom stereocenters. The predicted octanol–water partition coefficient (Wildman–Crippen LogP) is 4.23. The summed E-state index contributed by atoms with van der Waals surface area (Å²) in [5, 5.41) is 3.56. The molecule has 142 valence electrons. The summed E-state index contributed by atoms with van der Waals surface area (Å²) in [5.74, 6) is -0.774. The summed E-state index contributed by atoms with van der Waals surface area (Å²) in [5.41, 5.74) is 0.365. The van der Waals surface area contributed by atoms with E-state index in [0.717, 1.165) is 30.6 Å². The van der Waals surface area contributed by atoms with Crippen molar-refractivity contribution >= 4 is 23.6 Å². The van der Waals surface area contributed by atoms with Crippen molar-refractivity contribution in [2.45, 2.75) is 61.1 Å². The first-order valence-corrected chi connectivity index (χ1v) is 10.1. The maximum Gasteiger partial charge on any atom is 0.341 e. The van der Waals surface area contributed by atoms with Gasteiger partial charge in [0.05, 0.1) is 5.56 Å². The van der Waals surface area contributed by atoms with E-state index in [-0.39, 0.29) is 11.9 Å². The Hall–Kier alpha value is -2.34.